The van der Waals surface area contributed by atoms with Crippen LogP contribution in [-0.4, -0.2) is 135 Å². The first kappa shape index (κ1) is 50.8. The van der Waals surface area contributed by atoms with Gasteiger partial charge in [0.25, 0.3) is 5.91 Å². The van der Waals surface area contributed by atoms with Crippen molar-refractivity contribution < 1.29 is 33.4 Å². The summed E-state index contributed by atoms with van der Waals surface area (Å²) in [6.45, 7) is 14.4. The highest BCUT2D eigenvalue weighted by Crippen LogP contribution is 2.30. The zero-order valence-electron chi connectivity index (χ0n) is 38.8. The molecule has 340 valence electrons. The number of anilines is 1. The Labute approximate surface area is 365 Å². The molecule has 0 bridgehead atoms. The van der Waals surface area contributed by atoms with Crippen molar-refractivity contribution in [2.24, 2.45) is 23.7 Å². The number of nitrogens with two attached hydrogens (primary N) is 1. The number of ether oxygens (including phenoxy) is 2. The fourth-order valence-electron chi connectivity index (χ4n) is 8.77. The number of carbonyl (C=O) groups excluding carboxylic acids is 5. The van der Waals surface area contributed by atoms with Crippen molar-refractivity contribution in [2.45, 2.75) is 123 Å². The third-order valence-electron chi connectivity index (χ3n) is 12.3. The third-order valence-corrected chi connectivity index (χ3v) is 12.3. The number of nitrogens with zero attached hydrogens (tertiary/aromatic N) is 3. The summed E-state index contributed by atoms with van der Waals surface area (Å²) in [5, 5.41) is 9.17. The molecule has 61 heavy (non-hydrogen) atoms. The number of nitrogens with one attached hydrogen (secondary N) is 3. The minimum absolute atomic E-state index is 0.0122. The topological polar surface area (TPSA) is 176 Å². The zero-order chi connectivity index (χ0) is 45.6. The fraction of sp³-hybridized carbons (Fsp3) is 0.638. The molecule has 0 aromatic heterocycles. The van der Waals surface area contributed by atoms with Crippen molar-refractivity contribution in [3.05, 3.63) is 65.7 Å². The Balaban J connectivity index is 1.78. The summed E-state index contributed by atoms with van der Waals surface area (Å²) in [7, 11) is 8.57. The number of hydrogen-bond donors (Lipinski definition) is 4. The standard InChI is InChI=1S/C47H75N7O7/c1-13-31(6)42(53(10)47(59)40(29(2)3)51-46(58)41(30(4)5)52(8)9)38(60-11)27-39(55)54-25-17-20-37(54)43(61-12)32(7)44(56)50-36(26-33-18-15-14-16-19-33)28-49-45(57)34-21-23-35(48)24-22-34/h14-16,18-19,21-24,29-32,36-38,40-43H,13,17,20,25-28,48H2,1-12H3,(H,49,57)(H,50,56)(H,51,58)/t31-,32+,36-,37?,38+,40-,41-,42-,43+/m0/s1. The molecule has 1 heterocycles. The molecule has 0 radical (unpaired) electrons. The van der Waals surface area contributed by atoms with E-state index in [1.807, 2.05) is 90.9 Å². The third kappa shape index (κ3) is 14.0. The Morgan fingerprint density at radius 3 is 2.03 bits per heavy atom. The van der Waals surface area contributed by atoms with Gasteiger partial charge in [-0.15, -0.1) is 0 Å². The van der Waals surface area contributed by atoms with Crippen molar-refractivity contribution >= 4 is 35.2 Å². The van der Waals surface area contributed by atoms with Gasteiger partial charge in [0.2, 0.25) is 23.6 Å². The second-order valence-corrected chi connectivity index (χ2v) is 17.7. The maximum absolute atomic E-state index is 14.4. The molecule has 5 amide bonds. The Morgan fingerprint density at radius 2 is 1.49 bits per heavy atom. The van der Waals surface area contributed by atoms with Crippen molar-refractivity contribution in [3.8, 4) is 0 Å². The monoisotopic (exact) mass is 850 g/mol. The first-order valence-corrected chi connectivity index (χ1v) is 21.9. The molecule has 14 nitrogen and oxygen atoms in total. The lowest BCUT2D eigenvalue weighted by Crippen LogP contribution is -2.59. The van der Waals surface area contributed by atoms with E-state index in [1.165, 1.54) is 0 Å². The van der Waals surface area contributed by atoms with Crippen LogP contribution in [0, 0.1) is 23.7 Å². The summed E-state index contributed by atoms with van der Waals surface area (Å²) in [4.78, 5) is 74.6. The summed E-state index contributed by atoms with van der Waals surface area (Å²) in [6.07, 6.45) is 1.36. The van der Waals surface area contributed by atoms with Crippen LogP contribution in [0.25, 0.3) is 0 Å². The highest BCUT2D eigenvalue weighted by atomic mass is 16.5. The van der Waals surface area contributed by atoms with E-state index in [4.69, 9.17) is 15.2 Å². The smallest absolute Gasteiger partial charge is 0.251 e. The largest absolute Gasteiger partial charge is 0.399 e. The van der Waals surface area contributed by atoms with Crippen LogP contribution >= 0.6 is 0 Å². The molecule has 3 rings (SSSR count). The lowest BCUT2D eigenvalue weighted by Gasteiger charge is -2.41. The summed E-state index contributed by atoms with van der Waals surface area (Å²) in [5.41, 5.74) is 7.83. The van der Waals surface area contributed by atoms with Gasteiger partial charge < -0.3 is 41.0 Å². The van der Waals surface area contributed by atoms with Gasteiger partial charge >= 0.3 is 0 Å². The number of likely N-dealkylation sites (N-methyl/N-ethyl adjacent to an activating group) is 2. The first-order chi connectivity index (χ1) is 28.9. The minimum atomic E-state index is -0.774. The van der Waals surface area contributed by atoms with E-state index in [2.05, 4.69) is 16.0 Å². The van der Waals surface area contributed by atoms with Crippen LogP contribution < -0.4 is 21.7 Å². The van der Waals surface area contributed by atoms with Gasteiger partial charge in [-0.25, -0.2) is 0 Å². The summed E-state index contributed by atoms with van der Waals surface area (Å²) in [6, 6.07) is 14.0. The van der Waals surface area contributed by atoms with Crippen LogP contribution in [0.1, 0.15) is 90.1 Å². The van der Waals surface area contributed by atoms with Crippen molar-refractivity contribution in [2.75, 3.05) is 54.2 Å². The predicted octanol–water partition coefficient (Wildman–Crippen LogP) is 4.37. The maximum Gasteiger partial charge on any atom is 0.251 e. The number of amides is 5. The van der Waals surface area contributed by atoms with Gasteiger partial charge in [-0.1, -0.05) is 85.2 Å². The maximum atomic E-state index is 14.4. The lowest BCUT2D eigenvalue weighted by molar-refractivity contribution is -0.148. The number of likely N-dealkylation sites (tertiary alicyclic amines) is 1. The lowest BCUT2D eigenvalue weighted by atomic mass is 9.89. The average Bonchev–Trinajstić information content (AvgIpc) is 3.71. The van der Waals surface area contributed by atoms with E-state index in [0.717, 1.165) is 18.4 Å². The molecule has 1 unspecified atom stereocenters. The summed E-state index contributed by atoms with van der Waals surface area (Å²) >= 11 is 0. The Hall–Kier alpha value is -4.53. The number of benzene rings is 2. The predicted molar refractivity (Wildman–Crippen MR) is 240 cm³/mol. The Kier molecular flexibility index (Phi) is 20.2. The van der Waals surface area contributed by atoms with Crippen LogP contribution in [0.3, 0.4) is 0 Å². The quantitative estimate of drug-likeness (QED) is 0.118. The van der Waals surface area contributed by atoms with Gasteiger partial charge in [0, 0.05) is 45.6 Å². The fourth-order valence-corrected chi connectivity index (χ4v) is 8.77. The second-order valence-electron chi connectivity index (χ2n) is 17.7. The first-order valence-electron chi connectivity index (χ1n) is 21.9. The van der Waals surface area contributed by atoms with Gasteiger partial charge in [0.15, 0.2) is 0 Å². The molecule has 5 N–H and O–H groups in total. The molecule has 1 fully saturated rings. The van der Waals surface area contributed by atoms with E-state index in [0.29, 0.717) is 30.6 Å². The van der Waals surface area contributed by atoms with Crippen LogP contribution in [0.2, 0.25) is 0 Å². The number of rotatable bonds is 23. The van der Waals surface area contributed by atoms with Crippen LogP contribution in [0.4, 0.5) is 5.69 Å². The molecule has 0 aliphatic carbocycles. The van der Waals surface area contributed by atoms with Crippen LogP contribution in [0.5, 0.6) is 0 Å². The number of hydrogen-bond acceptors (Lipinski definition) is 9. The number of nitrogen functional groups attached to an aromatic ring is 1. The van der Waals surface area contributed by atoms with Crippen molar-refractivity contribution in [3.63, 3.8) is 0 Å². The molecule has 1 saturated heterocycles. The molecule has 1 aliphatic rings. The van der Waals surface area contributed by atoms with E-state index < -0.39 is 42.3 Å². The van der Waals surface area contributed by atoms with E-state index >= 15 is 0 Å². The SMILES string of the molecule is CC[C@H](C)[C@@H]([C@@H](CC(=O)N1CCCC1[C@H](OC)[C@@H](C)C(=O)N[C@H](CNC(=O)c1ccc(N)cc1)Cc1ccccc1)OC)N(C)C(=O)[C@@H](NC(=O)[C@H](C(C)C)N(C)C)C(C)C. The van der Waals surface area contributed by atoms with Gasteiger partial charge in [0.1, 0.15) is 6.04 Å². The molecule has 0 spiro atoms. The molecule has 2 aromatic carbocycles. The highest BCUT2D eigenvalue weighted by Gasteiger charge is 2.43. The molecular formula is C47H75N7O7. The van der Waals surface area contributed by atoms with Gasteiger partial charge in [0.05, 0.1) is 48.7 Å². The molecule has 9 atom stereocenters. The van der Waals surface area contributed by atoms with Gasteiger partial charge in [-0.2, -0.15) is 0 Å². The summed E-state index contributed by atoms with van der Waals surface area (Å²) in [5.74, 6) is -1.95. The number of carbonyl (C=O) groups is 5. The molecule has 2 aromatic rings. The van der Waals surface area contributed by atoms with Crippen LogP contribution in [0.15, 0.2) is 54.6 Å². The zero-order valence-corrected chi connectivity index (χ0v) is 38.8. The van der Waals surface area contributed by atoms with Crippen molar-refractivity contribution in [1.29, 1.82) is 0 Å². The molecule has 0 saturated carbocycles. The van der Waals surface area contributed by atoms with Gasteiger partial charge in [-0.05, 0) is 80.9 Å². The average molecular weight is 850 g/mol. The van der Waals surface area contributed by atoms with E-state index in [-0.39, 0.29) is 66.3 Å². The van der Waals surface area contributed by atoms with Gasteiger partial charge in [-0.3, -0.25) is 28.9 Å². The highest BCUT2D eigenvalue weighted by molar-refractivity contribution is 5.94. The van der Waals surface area contributed by atoms with E-state index in [1.54, 1.807) is 62.3 Å². The summed E-state index contributed by atoms with van der Waals surface area (Å²) < 4.78 is 12.1. The molecule has 1 aliphatic heterocycles. The van der Waals surface area contributed by atoms with E-state index in [9.17, 15) is 24.0 Å². The second kappa shape index (κ2) is 24.2. The Morgan fingerprint density at radius 1 is 0.852 bits per heavy atom. The van der Waals surface area contributed by atoms with Crippen LogP contribution in [-0.2, 0) is 35.1 Å². The van der Waals surface area contributed by atoms with Crippen molar-refractivity contribution in [1.82, 2.24) is 30.7 Å². The number of methoxy groups -OCH3 is 2. The Bertz CT molecular complexity index is 1700. The minimum Gasteiger partial charge on any atom is -0.399 e. The normalized spacial score (nSPS) is 18.1. The molecule has 14 heteroatoms. The molecular weight excluding hydrogens is 775 g/mol.